The van der Waals surface area contributed by atoms with E-state index in [4.69, 9.17) is 4.74 Å². The molecule has 3 amide bonds. The standard InChI is InChI=1S/C24H25N7O7/c1-25-20(33)12-26-23(36)17-10-6-5-9-16(17)22-28-30-31(29-22)13-19(32)18(11-21(34)35)27-24(37)38-14-15-7-3-2-4-8-15/h2-10,18H,11-14H2,1H3,(H,25,33)(H,26,36)(H,27,37)(H,34,35). The van der Waals surface area contributed by atoms with Crippen molar-refractivity contribution in [2.24, 2.45) is 0 Å². The second kappa shape index (κ2) is 13.2. The van der Waals surface area contributed by atoms with E-state index in [1.165, 1.54) is 13.1 Å². The number of tetrazole rings is 1. The summed E-state index contributed by atoms with van der Waals surface area (Å²) < 4.78 is 5.07. The van der Waals surface area contributed by atoms with Crippen molar-refractivity contribution >= 4 is 29.7 Å². The number of alkyl carbamates (subject to hydrolysis) is 1. The summed E-state index contributed by atoms with van der Waals surface area (Å²) in [6, 6.07) is 13.7. The molecule has 3 rings (SSSR count). The molecule has 4 N–H and O–H groups in total. The van der Waals surface area contributed by atoms with Gasteiger partial charge in [0.25, 0.3) is 5.91 Å². The Labute approximate surface area is 216 Å². The van der Waals surface area contributed by atoms with Crippen LogP contribution in [-0.2, 0) is 32.3 Å². The second-order valence-corrected chi connectivity index (χ2v) is 7.87. The Morgan fingerprint density at radius 2 is 1.74 bits per heavy atom. The molecule has 0 fully saturated rings. The Morgan fingerprint density at radius 1 is 1.03 bits per heavy atom. The Balaban J connectivity index is 1.67. The fraction of sp³-hybridized carbons (Fsp3) is 0.250. The lowest BCUT2D eigenvalue weighted by Gasteiger charge is -2.15. The Bertz CT molecular complexity index is 1310. The topological polar surface area (TPSA) is 194 Å². The quantitative estimate of drug-likeness (QED) is 0.254. The van der Waals surface area contributed by atoms with Gasteiger partial charge >= 0.3 is 12.1 Å². The molecule has 0 radical (unpaired) electrons. The first kappa shape index (κ1) is 27.4. The fourth-order valence-corrected chi connectivity index (χ4v) is 3.21. The predicted octanol–water partition coefficient (Wildman–Crippen LogP) is 0.155. The first-order valence-electron chi connectivity index (χ1n) is 11.3. The first-order chi connectivity index (χ1) is 18.3. The number of Topliss-reactive ketones (excluding diaryl/α,β-unsaturated/α-hetero) is 1. The van der Waals surface area contributed by atoms with Crippen LogP contribution in [0.25, 0.3) is 11.4 Å². The minimum Gasteiger partial charge on any atom is -0.481 e. The highest BCUT2D eigenvalue weighted by Crippen LogP contribution is 2.19. The maximum atomic E-state index is 12.8. The second-order valence-electron chi connectivity index (χ2n) is 7.87. The molecule has 2 aromatic carbocycles. The van der Waals surface area contributed by atoms with Crippen molar-refractivity contribution in [2.45, 2.75) is 25.6 Å². The molecule has 1 atom stereocenters. The summed E-state index contributed by atoms with van der Waals surface area (Å²) in [5, 5.41) is 28.1. The van der Waals surface area contributed by atoms with E-state index in [1.807, 2.05) is 0 Å². The van der Waals surface area contributed by atoms with Crippen molar-refractivity contribution in [3.05, 3.63) is 65.7 Å². The van der Waals surface area contributed by atoms with Gasteiger partial charge in [-0.2, -0.15) is 4.80 Å². The average molecular weight is 524 g/mol. The van der Waals surface area contributed by atoms with Gasteiger partial charge in [0, 0.05) is 12.6 Å². The molecule has 1 heterocycles. The highest BCUT2D eigenvalue weighted by Gasteiger charge is 2.26. The summed E-state index contributed by atoms with van der Waals surface area (Å²) in [4.78, 5) is 61.1. The van der Waals surface area contributed by atoms with E-state index < -0.39 is 42.8 Å². The lowest BCUT2D eigenvalue weighted by Crippen LogP contribution is -2.44. The number of aliphatic carboxylic acids is 1. The molecule has 0 saturated heterocycles. The molecule has 38 heavy (non-hydrogen) atoms. The van der Waals surface area contributed by atoms with Gasteiger partial charge in [0.2, 0.25) is 11.7 Å². The molecule has 0 saturated carbocycles. The molecule has 0 aliphatic heterocycles. The van der Waals surface area contributed by atoms with Crippen LogP contribution in [0.2, 0.25) is 0 Å². The number of carbonyl (C=O) groups excluding carboxylic acids is 4. The van der Waals surface area contributed by atoms with Gasteiger partial charge in [0.15, 0.2) is 5.78 Å². The highest BCUT2D eigenvalue weighted by molar-refractivity contribution is 6.01. The van der Waals surface area contributed by atoms with Crippen LogP contribution in [0, 0.1) is 0 Å². The third-order valence-corrected chi connectivity index (χ3v) is 5.12. The fourth-order valence-electron chi connectivity index (χ4n) is 3.21. The van der Waals surface area contributed by atoms with Crippen molar-refractivity contribution in [3.63, 3.8) is 0 Å². The smallest absolute Gasteiger partial charge is 0.408 e. The maximum absolute atomic E-state index is 12.8. The summed E-state index contributed by atoms with van der Waals surface area (Å²) in [5.74, 6) is -2.92. The number of ether oxygens (including phenoxy) is 1. The van der Waals surface area contributed by atoms with Gasteiger partial charge in [0.1, 0.15) is 19.2 Å². The number of nitrogens with zero attached hydrogens (tertiary/aromatic N) is 4. The lowest BCUT2D eigenvalue weighted by atomic mass is 10.1. The van der Waals surface area contributed by atoms with Crippen LogP contribution in [-0.4, -0.2) is 74.6 Å². The van der Waals surface area contributed by atoms with Gasteiger partial charge < -0.3 is 25.8 Å². The first-order valence-corrected chi connectivity index (χ1v) is 11.3. The number of nitrogens with one attached hydrogen (secondary N) is 3. The molecular formula is C24H25N7O7. The molecule has 14 heteroatoms. The Hall–Kier alpha value is -5.14. The minimum absolute atomic E-state index is 0.0218. The lowest BCUT2D eigenvalue weighted by molar-refractivity contribution is -0.139. The van der Waals surface area contributed by atoms with E-state index in [9.17, 15) is 29.1 Å². The van der Waals surface area contributed by atoms with Crippen LogP contribution in [0.4, 0.5) is 4.79 Å². The Kier molecular flexibility index (Phi) is 9.57. The summed E-state index contributed by atoms with van der Waals surface area (Å²) in [6.45, 7) is -0.802. The van der Waals surface area contributed by atoms with Crippen LogP contribution in [0.5, 0.6) is 0 Å². The molecule has 0 aliphatic rings. The minimum atomic E-state index is -1.41. The maximum Gasteiger partial charge on any atom is 0.408 e. The number of benzene rings is 2. The zero-order chi connectivity index (χ0) is 27.5. The number of likely N-dealkylation sites (N-methyl/N-ethyl adjacent to an activating group) is 1. The van der Waals surface area contributed by atoms with Crippen LogP contribution < -0.4 is 16.0 Å². The van der Waals surface area contributed by atoms with Crippen molar-refractivity contribution < 1.29 is 33.8 Å². The summed E-state index contributed by atoms with van der Waals surface area (Å²) in [5.41, 5.74) is 1.19. The van der Waals surface area contributed by atoms with Crippen molar-refractivity contribution in [1.82, 2.24) is 36.2 Å². The zero-order valence-electron chi connectivity index (χ0n) is 20.3. The Morgan fingerprint density at radius 3 is 2.45 bits per heavy atom. The van der Waals surface area contributed by atoms with Gasteiger partial charge in [-0.1, -0.05) is 48.5 Å². The average Bonchev–Trinajstić information content (AvgIpc) is 3.38. The van der Waals surface area contributed by atoms with E-state index in [-0.39, 0.29) is 30.4 Å². The molecule has 0 bridgehead atoms. The molecule has 1 aromatic heterocycles. The molecule has 0 aliphatic carbocycles. The van der Waals surface area contributed by atoms with Gasteiger partial charge in [0.05, 0.1) is 18.5 Å². The van der Waals surface area contributed by atoms with E-state index in [1.54, 1.807) is 48.5 Å². The molecule has 198 valence electrons. The number of carboxylic acids is 1. The summed E-state index contributed by atoms with van der Waals surface area (Å²) in [6.07, 6.45) is -1.65. The number of ketones is 1. The summed E-state index contributed by atoms with van der Waals surface area (Å²) in [7, 11) is 1.44. The van der Waals surface area contributed by atoms with Crippen LogP contribution in [0.1, 0.15) is 22.3 Å². The van der Waals surface area contributed by atoms with Crippen molar-refractivity contribution in [3.8, 4) is 11.4 Å². The third-order valence-electron chi connectivity index (χ3n) is 5.12. The van der Waals surface area contributed by atoms with Crippen LogP contribution in [0.3, 0.4) is 0 Å². The van der Waals surface area contributed by atoms with E-state index in [2.05, 4.69) is 31.4 Å². The number of amides is 3. The summed E-state index contributed by atoms with van der Waals surface area (Å²) >= 11 is 0. The predicted molar refractivity (Wildman–Crippen MR) is 130 cm³/mol. The number of aromatic nitrogens is 4. The normalized spacial score (nSPS) is 11.2. The number of carboxylic acid groups (broad SMARTS) is 1. The monoisotopic (exact) mass is 523 g/mol. The number of rotatable bonds is 12. The molecule has 1 unspecified atom stereocenters. The highest BCUT2D eigenvalue weighted by atomic mass is 16.5. The number of carbonyl (C=O) groups is 5. The van der Waals surface area contributed by atoms with E-state index in [0.29, 0.717) is 11.1 Å². The number of hydrogen-bond donors (Lipinski definition) is 4. The zero-order valence-corrected chi connectivity index (χ0v) is 20.3. The van der Waals surface area contributed by atoms with Crippen molar-refractivity contribution in [1.29, 1.82) is 0 Å². The molecular weight excluding hydrogens is 498 g/mol. The SMILES string of the molecule is CNC(=O)CNC(=O)c1ccccc1-c1nnn(CC(=O)C(CC(=O)O)NC(=O)OCc2ccccc2)n1. The van der Waals surface area contributed by atoms with E-state index >= 15 is 0 Å². The van der Waals surface area contributed by atoms with Crippen LogP contribution >= 0.6 is 0 Å². The molecule has 14 nitrogen and oxygen atoms in total. The van der Waals surface area contributed by atoms with Gasteiger partial charge in [-0.25, -0.2) is 4.79 Å². The van der Waals surface area contributed by atoms with Crippen molar-refractivity contribution in [2.75, 3.05) is 13.6 Å². The van der Waals surface area contributed by atoms with Crippen LogP contribution in [0.15, 0.2) is 54.6 Å². The molecule has 0 spiro atoms. The largest absolute Gasteiger partial charge is 0.481 e. The van der Waals surface area contributed by atoms with Gasteiger partial charge in [-0.15, -0.1) is 10.2 Å². The van der Waals surface area contributed by atoms with E-state index in [0.717, 1.165) is 4.80 Å². The third kappa shape index (κ3) is 7.94. The number of hydrogen-bond acceptors (Lipinski definition) is 9. The molecule has 3 aromatic rings. The van der Waals surface area contributed by atoms with Gasteiger partial charge in [-0.05, 0) is 16.8 Å². The van der Waals surface area contributed by atoms with Gasteiger partial charge in [-0.3, -0.25) is 19.2 Å².